The molecular weight excluding hydrogens is 115 g/mol. The van der Waals surface area contributed by atoms with Crippen LogP contribution in [-0.4, -0.2) is 16.5 Å². The van der Waals surface area contributed by atoms with Crippen LogP contribution in [0.4, 0.5) is 0 Å². The first kappa shape index (κ1) is 4.61. The molecular formula is C3H5OPS. The molecule has 0 bridgehead atoms. The van der Waals surface area contributed by atoms with Gasteiger partial charge in [0.2, 0.25) is 0 Å². The standard InChI is InChI=1S/C3H5OPS/c4-3(5)2-1-6-2/h2H,1,5H2. The Bertz CT molecular complexity index is 78.9. The van der Waals surface area contributed by atoms with E-state index in [9.17, 15) is 4.79 Å². The zero-order valence-corrected chi connectivity index (χ0v) is 5.15. The highest BCUT2D eigenvalue weighted by Crippen LogP contribution is 2.32. The predicted molar refractivity (Wildman–Crippen MR) is 31.0 cm³/mol. The van der Waals surface area contributed by atoms with Crippen LogP contribution in [-0.2, 0) is 4.79 Å². The number of hydrogen-bond acceptors (Lipinski definition) is 2. The molecule has 0 aromatic heterocycles. The van der Waals surface area contributed by atoms with Gasteiger partial charge in [-0.3, -0.25) is 4.79 Å². The van der Waals surface area contributed by atoms with Gasteiger partial charge in [0.15, 0.2) is 5.52 Å². The molecule has 2 unspecified atom stereocenters. The molecule has 0 radical (unpaired) electrons. The molecule has 1 aliphatic rings. The Hall–Kier alpha value is 0.450. The molecule has 2 atom stereocenters. The number of carbonyl (C=O) groups is 1. The van der Waals surface area contributed by atoms with Crippen LogP contribution < -0.4 is 0 Å². The number of hydrogen-bond donors (Lipinski definition) is 0. The Morgan fingerprint density at radius 2 is 2.50 bits per heavy atom. The van der Waals surface area contributed by atoms with E-state index in [0.29, 0.717) is 5.25 Å². The smallest absolute Gasteiger partial charge is 0.161 e. The van der Waals surface area contributed by atoms with Gasteiger partial charge in [-0.1, -0.05) is 9.24 Å². The number of rotatable bonds is 1. The largest absolute Gasteiger partial charge is 0.294 e. The summed E-state index contributed by atoms with van der Waals surface area (Å²) < 4.78 is 0. The number of carbonyl (C=O) groups excluding carboxylic acids is 1. The molecule has 0 aliphatic carbocycles. The van der Waals surface area contributed by atoms with E-state index in [2.05, 4.69) is 9.24 Å². The summed E-state index contributed by atoms with van der Waals surface area (Å²) in [5.41, 5.74) is 0.250. The summed E-state index contributed by atoms with van der Waals surface area (Å²) in [4.78, 5) is 10.1. The Labute approximate surface area is 43.1 Å². The summed E-state index contributed by atoms with van der Waals surface area (Å²) in [6.45, 7) is 0. The second-order valence-electron chi connectivity index (χ2n) is 1.22. The molecule has 0 spiro atoms. The van der Waals surface area contributed by atoms with Crippen LogP contribution >= 0.6 is 21.0 Å². The van der Waals surface area contributed by atoms with E-state index in [0.717, 1.165) is 5.75 Å². The van der Waals surface area contributed by atoms with Crippen LogP contribution in [0.1, 0.15) is 0 Å². The SMILES string of the molecule is O=C(P)C1CS1. The zero-order valence-electron chi connectivity index (χ0n) is 3.18. The Balaban J connectivity index is 2.31. The van der Waals surface area contributed by atoms with Gasteiger partial charge in [0.25, 0.3) is 0 Å². The maximum Gasteiger partial charge on any atom is 0.161 e. The third-order valence-electron chi connectivity index (χ3n) is 0.651. The van der Waals surface area contributed by atoms with Gasteiger partial charge in [-0.15, -0.1) is 11.8 Å². The lowest BCUT2D eigenvalue weighted by atomic mass is 10.6. The van der Waals surface area contributed by atoms with Gasteiger partial charge >= 0.3 is 0 Å². The normalized spacial score (nSPS) is 29.8. The van der Waals surface area contributed by atoms with Crippen molar-refractivity contribution >= 4 is 26.5 Å². The lowest BCUT2D eigenvalue weighted by Crippen LogP contribution is -1.90. The first-order chi connectivity index (χ1) is 2.80. The van der Waals surface area contributed by atoms with Crippen LogP contribution in [0.15, 0.2) is 0 Å². The van der Waals surface area contributed by atoms with Gasteiger partial charge in [0.1, 0.15) is 0 Å². The van der Waals surface area contributed by atoms with E-state index in [1.807, 2.05) is 0 Å². The predicted octanol–water partition coefficient (Wildman–Crippen LogP) is 0.503. The Kier molecular flexibility index (Phi) is 1.16. The van der Waals surface area contributed by atoms with Crippen molar-refractivity contribution in [2.24, 2.45) is 0 Å². The van der Waals surface area contributed by atoms with Crippen LogP contribution in [0.25, 0.3) is 0 Å². The second-order valence-corrected chi connectivity index (χ2v) is 3.03. The van der Waals surface area contributed by atoms with Crippen LogP contribution in [0.5, 0.6) is 0 Å². The maximum atomic E-state index is 10.1. The molecule has 6 heavy (non-hydrogen) atoms. The van der Waals surface area contributed by atoms with E-state index in [1.165, 1.54) is 0 Å². The molecule has 1 nitrogen and oxygen atoms in total. The van der Waals surface area contributed by atoms with E-state index >= 15 is 0 Å². The molecule has 1 fully saturated rings. The summed E-state index contributed by atoms with van der Waals surface area (Å²) in [5, 5.41) is 0.343. The van der Waals surface area contributed by atoms with E-state index in [-0.39, 0.29) is 5.52 Å². The topological polar surface area (TPSA) is 17.1 Å². The fourth-order valence-electron chi connectivity index (χ4n) is 0.212. The molecule has 0 N–H and O–H groups in total. The van der Waals surface area contributed by atoms with Gasteiger partial charge < -0.3 is 0 Å². The highest BCUT2D eigenvalue weighted by molar-refractivity contribution is 8.08. The fraction of sp³-hybridized carbons (Fsp3) is 0.667. The van der Waals surface area contributed by atoms with Crippen LogP contribution in [0, 0.1) is 0 Å². The van der Waals surface area contributed by atoms with Gasteiger partial charge in [-0.2, -0.15) is 0 Å². The van der Waals surface area contributed by atoms with Crippen molar-refractivity contribution in [2.75, 3.05) is 5.75 Å². The van der Waals surface area contributed by atoms with E-state index in [1.54, 1.807) is 11.8 Å². The lowest BCUT2D eigenvalue weighted by Gasteiger charge is -1.73. The maximum absolute atomic E-state index is 10.1. The number of thioether (sulfide) groups is 1. The minimum atomic E-state index is 0.250. The highest BCUT2D eigenvalue weighted by Gasteiger charge is 2.26. The molecule has 3 heteroatoms. The third-order valence-corrected chi connectivity index (χ3v) is 2.19. The van der Waals surface area contributed by atoms with E-state index in [4.69, 9.17) is 0 Å². The third kappa shape index (κ3) is 0.954. The summed E-state index contributed by atoms with van der Waals surface area (Å²) in [5.74, 6) is 1.04. The first-order valence-corrected chi connectivity index (χ1v) is 3.34. The van der Waals surface area contributed by atoms with Gasteiger partial charge in [-0.05, 0) is 0 Å². The molecule has 1 saturated heterocycles. The fourth-order valence-corrected chi connectivity index (χ4v) is 1.21. The summed E-state index contributed by atoms with van der Waals surface area (Å²) >= 11 is 1.71. The average Bonchev–Trinajstić information content (AvgIpc) is 2.06. The minimum absolute atomic E-state index is 0.250. The van der Waals surface area contributed by atoms with Crippen LogP contribution in [0.3, 0.4) is 0 Å². The first-order valence-electron chi connectivity index (χ1n) is 1.71. The Morgan fingerprint density at radius 1 is 2.00 bits per heavy atom. The van der Waals surface area contributed by atoms with Crippen molar-refractivity contribution in [2.45, 2.75) is 5.25 Å². The van der Waals surface area contributed by atoms with Gasteiger partial charge in [-0.25, -0.2) is 0 Å². The molecule has 1 rings (SSSR count). The van der Waals surface area contributed by atoms with E-state index < -0.39 is 0 Å². The average molecular weight is 120 g/mol. The van der Waals surface area contributed by atoms with Gasteiger partial charge in [0, 0.05) is 5.75 Å². The van der Waals surface area contributed by atoms with Crippen molar-refractivity contribution in [1.82, 2.24) is 0 Å². The molecule has 34 valence electrons. The van der Waals surface area contributed by atoms with Crippen molar-refractivity contribution in [3.8, 4) is 0 Å². The lowest BCUT2D eigenvalue weighted by molar-refractivity contribution is -0.109. The highest BCUT2D eigenvalue weighted by atomic mass is 32.2. The van der Waals surface area contributed by atoms with Gasteiger partial charge in [0.05, 0.1) is 5.25 Å². The van der Waals surface area contributed by atoms with Crippen LogP contribution in [0.2, 0.25) is 0 Å². The summed E-state index contributed by atoms with van der Waals surface area (Å²) in [7, 11) is 2.18. The molecule has 0 aromatic rings. The van der Waals surface area contributed by atoms with Crippen molar-refractivity contribution in [1.29, 1.82) is 0 Å². The molecule has 1 aliphatic heterocycles. The Morgan fingerprint density at radius 3 is 2.50 bits per heavy atom. The summed E-state index contributed by atoms with van der Waals surface area (Å²) in [6.07, 6.45) is 0. The molecule has 0 aromatic carbocycles. The van der Waals surface area contributed by atoms with Crippen molar-refractivity contribution in [3.63, 3.8) is 0 Å². The summed E-state index contributed by atoms with van der Waals surface area (Å²) in [6, 6.07) is 0. The monoisotopic (exact) mass is 120 g/mol. The van der Waals surface area contributed by atoms with Crippen molar-refractivity contribution < 1.29 is 4.79 Å². The second kappa shape index (κ2) is 1.51. The molecule has 1 heterocycles. The zero-order chi connectivity index (χ0) is 4.57. The van der Waals surface area contributed by atoms with Crippen molar-refractivity contribution in [3.05, 3.63) is 0 Å². The quantitative estimate of drug-likeness (QED) is 0.370. The molecule has 0 amide bonds. The molecule has 0 saturated carbocycles. The minimum Gasteiger partial charge on any atom is -0.294 e.